The molecule has 1 unspecified atom stereocenters. The molecule has 2 saturated carbocycles. The Labute approximate surface area is 124 Å². The molecule has 6 nitrogen and oxygen atoms in total. The van der Waals surface area contributed by atoms with E-state index >= 15 is 0 Å². The van der Waals surface area contributed by atoms with Gasteiger partial charge in [-0.1, -0.05) is 0 Å². The third-order valence-electron chi connectivity index (χ3n) is 3.72. The molecule has 1 amide bonds. The van der Waals surface area contributed by atoms with Gasteiger partial charge in [-0.15, -0.1) is 0 Å². The number of nitrogens with two attached hydrogens (primary N) is 1. The molecule has 4 N–H and O–H groups in total. The molecule has 0 radical (unpaired) electrons. The maximum atomic E-state index is 11.9. The van der Waals surface area contributed by atoms with Gasteiger partial charge in [0.1, 0.15) is 11.9 Å². The summed E-state index contributed by atoms with van der Waals surface area (Å²) in [6.45, 7) is 2.48. The zero-order valence-electron chi connectivity index (χ0n) is 12.3. The van der Waals surface area contributed by atoms with Gasteiger partial charge in [-0.2, -0.15) is 4.98 Å². The largest absolute Gasteiger partial charge is 0.476 e. The number of rotatable bonds is 7. The predicted molar refractivity (Wildman–Crippen MR) is 81.1 cm³/mol. The Morgan fingerprint density at radius 1 is 1.43 bits per heavy atom. The summed E-state index contributed by atoms with van der Waals surface area (Å²) in [5.41, 5.74) is 6.39. The van der Waals surface area contributed by atoms with Crippen LogP contribution in [-0.4, -0.2) is 29.6 Å². The molecule has 2 aliphatic carbocycles. The lowest BCUT2D eigenvalue weighted by Gasteiger charge is -2.15. The van der Waals surface area contributed by atoms with Crippen LogP contribution in [-0.2, 0) is 4.79 Å². The lowest BCUT2D eigenvalue weighted by molar-refractivity contribution is -0.121. The van der Waals surface area contributed by atoms with Crippen LogP contribution in [0.15, 0.2) is 12.1 Å². The molecule has 1 aromatic heterocycles. The molecule has 2 fully saturated rings. The summed E-state index contributed by atoms with van der Waals surface area (Å²) in [5, 5.41) is 6.05. The van der Waals surface area contributed by atoms with E-state index in [1.54, 1.807) is 12.1 Å². The minimum atomic E-state index is -0.335. The van der Waals surface area contributed by atoms with Crippen molar-refractivity contribution < 1.29 is 9.53 Å². The van der Waals surface area contributed by atoms with Gasteiger partial charge in [0.2, 0.25) is 11.8 Å². The van der Waals surface area contributed by atoms with Crippen LogP contribution in [0.5, 0.6) is 5.88 Å². The molecule has 0 saturated heterocycles. The van der Waals surface area contributed by atoms with Crippen molar-refractivity contribution in [3.8, 4) is 5.88 Å². The Bertz CT molecular complexity index is 526. The number of hydrogen-bond donors (Lipinski definition) is 3. The lowest BCUT2D eigenvalue weighted by Crippen LogP contribution is -2.38. The molecule has 0 aliphatic heterocycles. The Hall–Kier alpha value is -1.98. The van der Waals surface area contributed by atoms with E-state index in [-0.39, 0.29) is 11.9 Å². The maximum Gasteiger partial charge on any atom is 0.242 e. The van der Waals surface area contributed by atoms with Gasteiger partial charge in [0, 0.05) is 6.04 Å². The summed E-state index contributed by atoms with van der Waals surface area (Å²) in [6, 6.07) is 3.54. The minimum Gasteiger partial charge on any atom is -0.476 e. The van der Waals surface area contributed by atoms with E-state index in [0.29, 0.717) is 36.0 Å². The maximum absolute atomic E-state index is 11.9. The summed E-state index contributed by atoms with van der Waals surface area (Å²) in [7, 11) is 0. The van der Waals surface area contributed by atoms with E-state index in [4.69, 9.17) is 10.5 Å². The third-order valence-corrected chi connectivity index (χ3v) is 3.72. The molecule has 0 bridgehead atoms. The normalized spacial score (nSPS) is 18.9. The fourth-order valence-corrected chi connectivity index (χ4v) is 1.97. The zero-order chi connectivity index (χ0) is 14.8. The summed E-state index contributed by atoms with van der Waals surface area (Å²) in [4.78, 5) is 16.3. The van der Waals surface area contributed by atoms with Gasteiger partial charge in [-0.25, -0.2) is 0 Å². The number of nitrogens with zero attached hydrogens (tertiary/aromatic N) is 1. The van der Waals surface area contributed by atoms with E-state index < -0.39 is 0 Å². The van der Waals surface area contributed by atoms with Crippen molar-refractivity contribution in [3.63, 3.8) is 0 Å². The van der Waals surface area contributed by atoms with Gasteiger partial charge in [0.25, 0.3) is 0 Å². The van der Waals surface area contributed by atoms with Crippen LogP contribution in [0.2, 0.25) is 0 Å². The highest BCUT2D eigenvalue weighted by molar-refractivity contribution is 5.84. The van der Waals surface area contributed by atoms with E-state index in [1.165, 1.54) is 12.8 Å². The summed E-state index contributed by atoms with van der Waals surface area (Å²) in [5.74, 6) is 1.69. The number of pyridine rings is 1. The fraction of sp³-hybridized carbons (Fsp3) is 0.600. The molecule has 1 atom stereocenters. The number of ether oxygens (including phenoxy) is 1. The van der Waals surface area contributed by atoms with Gasteiger partial charge >= 0.3 is 0 Å². The number of amides is 1. The molecule has 21 heavy (non-hydrogen) atoms. The molecule has 0 spiro atoms. The van der Waals surface area contributed by atoms with Crippen LogP contribution < -0.4 is 21.1 Å². The fourth-order valence-electron chi connectivity index (χ4n) is 1.97. The number of carbonyl (C=O) groups is 1. The van der Waals surface area contributed by atoms with Crippen molar-refractivity contribution in [2.24, 2.45) is 5.92 Å². The third kappa shape index (κ3) is 4.00. The van der Waals surface area contributed by atoms with E-state index in [2.05, 4.69) is 15.6 Å². The van der Waals surface area contributed by atoms with Crippen molar-refractivity contribution >= 4 is 17.4 Å². The molecule has 2 aliphatic rings. The molecular weight excluding hydrogens is 268 g/mol. The van der Waals surface area contributed by atoms with Crippen LogP contribution in [0.1, 0.15) is 32.6 Å². The quantitative estimate of drug-likeness (QED) is 0.708. The van der Waals surface area contributed by atoms with Crippen LogP contribution in [0.3, 0.4) is 0 Å². The van der Waals surface area contributed by atoms with Gasteiger partial charge in [0.15, 0.2) is 0 Å². The first-order valence-electron chi connectivity index (χ1n) is 7.58. The number of anilines is 2. The van der Waals surface area contributed by atoms with Crippen molar-refractivity contribution in [1.29, 1.82) is 0 Å². The number of nitrogen functional groups attached to an aromatic ring is 1. The van der Waals surface area contributed by atoms with Gasteiger partial charge < -0.3 is 21.1 Å². The highest BCUT2D eigenvalue weighted by Crippen LogP contribution is 2.30. The molecule has 0 aromatic carbocycles. The Morgan fingerprint density at radius 3 is 2.86 bits per heavy atom. The summed E-state index contributed by atoms with van der Waals surface area (Å²) >= 11 is 0. The van der Waals surface area contributed by atoms with Crippen LogP contribution >= 0.6 is 0 Å². The topological polar surface area (TPSA) is 89.3 Å². The van der Waals surface area contributed by atoms with E-state index in [1.807, 2.05) is 6.92 Å². The van der Waals surface area contributed by atoms with Crippen molar-refractivity contribution in [3.05, 3.63) is 12.1 Å². The first-order valence-corrected chi connectivity index (χ1v) is 7.58. The Morgan fingerprint density at radius 2 is 2.19 bits per heavy atom. The second kappa shape index (κ2) is 5.79. The van der Waals surface area contributed by atoms with E-state index in [9.17, 15) is 4.79 Å². The van der Waals surface area contributed by atoms with Crippen molar-refractivity contribution in [2.45, 2.75) is 44.7 Å². The first-order chi connectivity index (χ1) is 10.1. The van der Waals surface area contributed by atoms with Crippen LogP contribution in [0.4, 0.5) is 11.5 Å². The smallest absolute Gasteiger partial charge is 0.242 e. The van der Waals surface area contributed by atoms with E-state index in [0.717, 1.165) is 12.8 Å². The van der Waals surface area contributed by atoms with Crippen LogP contribution in [0, 0.1) is 5.92 Å². The highest BCUT2D eigenvalue weighted by Gasteiger charge is 2.26. The molecule has 1 heterocycles. The molecule has 114 valence electrons. The number of carbonyl (C=O) groups excluding carboxylic acids is 1. The molecule has 1 aromatic rings. The van der Waals surface area contributed by atoms with Gasteiger partial charge in [-0.3, -0.25) is 4.79 Å². The highest BCUT2D eigenvalue weighted by atomic mass is 16.5. The minimum absolute atomic E-state index is 0.00317. The Kier molecular flexibility index (Phi) is 3.86. The standard InChI is InChI=1S/C15H22N4O2/c1-9(14(20)18-11-4-5-11)17-13-7-6-12(16)15(19-13)21-8-10-2-3-10/h6-7,9-11H,2-5,8,16H2,1H3,(H,17,19)(H,18,20). The SMILES string of the molecule is CC(Nc1ccc(N)c(OCC2CC2)n1)C(=O)NC1CC1. The number of hydrogen-bond acceptors (Lipinski definition) is 5. The first kappa shape index (κ1) is 14.0. The lowest BCUT2D eigenvalue weighted by atomic mass is 10.3. The average Bonchev–Trinajstić information content (AvgIpc) is 3.33. The Balaban J connectivity index is 1.57. The van der Waals surface area contributed by atoms with Gasteiger partial charge in [-0.05, 0) is 50.7 Å². The predicted octanol–water partition coefficient (Wildman–Crippen LogP) is 1.53. The monoisotopic (exact) mass is 290 g/mol. The second-order valence-corrected chi connectivity index (χ2v) is 5.99. The van der Waals surface area contributed by atoms with Crippen molar-refractivity contribution in [2.75, 3.05) is 17.7 Å². The second-order valence-electron chi connectivity index (χ2n) is 5.99. The summed E-state index contributed by atoms with van der Waals surface area (Å²) < 4.78 is 5.64. The average molecular weight is 290 g/mol. The molecule has 6 heteroatoms. The van der Waals surface area contributed by atoms with Crippen molar-refractivity contribution in [1.82, 2.24) is 10.3 Å². The van der Waals surface area contributed by atoms with Gasteiger partial charge in [0.05, 0.1) is 12.3 Å². The number of aromatic nitrogens is 1. The molecular formula is C15H22N4O2. The number of nitrogens with one attached hydrogen (secondary N) is 2. The summed E-state index contributed by atoms with van der Waals surface area (Å²) in [6.07, 6.45) is 4.60. The van der Waals surface area contributed by atoms with Crippen LogP contribution in [0.25, 0.3) is 0 Å². The zero-order valence-corrected chi connectivity index (χ0v) is 12.3. The molecule has 3 rings (SSSR count).